The highest BCUT2D eigenvalue weighted by Gasteiger charge is 2.51. The number of hydrogen-bond acceptors (Lipinski definition) is 3. The van der Waals surface area contributed by atoms with Gasteiger partial charge in [-0.2, -0.15) is 0 Å². The van der Waals surface area contributed by atoms with Crippen LogP contribution < -0.4 is 5.46 Å². The van der Waals surface area contributed by atoms with Gasteiger partial charge in [0.15, 0.2) is 0 Å². The molecule has 2 rings (SSSR count). The van der Waals surface area contributed by atoms with E-state index in [4.69, 9.17) is 13.4 Å². The maximum atomic E-state index is 7.48. The number of aryl methyl sites for hydroxylation is 2. The summed E-state index contributed by atoms with van der Waals surface area (Å²) in [6.45, 7) is 7.39. The highest BCUT2D eigenvalue weighted by molar-refractivity contribution is 6.62. The molecule has 0 unspecified atom stereocenters. The van der Waals surface area contributed by atoms with Crippen molar-refractivity contribution in [2.75, 3.05) is 0 Å². The first-order valence-corrected chi connectivity index (χ1v) is 5.77. The Kier molecular flexibility index (Phi) is 2.05. The third-order valence-electron chi connectivity index (χ3n) is 3.50. The van der Waals surface area contributed by atoms with Crippen LogP contribution in [0.15, 0.2) is 12.1 Å². The molecule has 1 aromatic rings. The van der Waals surface area contributed by atoms with E-state index >= 15 is 0 Å². The van der Waals surface area contributed by atoms with Crippen molar-refractivity contribution in [2.45, 2.75) is 52.7 Å². The smallest absolute Gasteiger partial charge is 0.399 e. The van der Waals surface area contributed by atoms with Gasteiger partial charge in [-0.15, -0.1) is 0 Å². The summed E-state index contributed by atoms with van der Waals surface area (Å²) in [5.74, 6) is 0. The molecule has 92 valence electrons. The number of pyridine rings is 1. The Morgan fingerprint density at radius 3 is 2.18 bits per heavy atom. The standard InChI is InChI=1S/C13H20BNO2/c1-9-7-11(8-10(2)15-9)14-16-12(3,4)13(5,6)17-14/h7-8H,1-6H3/i1D3. The fourth-order valence-electron chi connectivity index (χ4n) is 1.81. The number of hydrogen-bond donors (Lipinski definition) is 0. The van der Waals surface area contributed by atoms with Gasteiger partial charge in [-0.1, -0.05) is 0 Å². The summed E-state index contributed by atoms with van der Waals surface area (Å²) in [7, 11) is -0.567. The fraction of sp³-hybridized carbons (Fsp3) is 0.615. The van der Waals surface area contributed by atoms with Gasteiger partial charge in [0.2, 0.25) is 0 Å². The Balaban J connectivity index is 2.38. The normalized spacial score (nSPS) is 25.2. The lowest BCUT2D eigenvalue weighted by molar-refractivity contribution is 0.00578. The molecule has 0 radical (unpaired) electrons. The predicted octanol–water partition coefficient (Wildman–Crippen LogP) is 2.00. The molecule has 0 saturated carbocycles. The quantitative estimate of drug-likeness (QED) is 0.699. The minimum atomic E-state index is -2.23. The van der Waals surface area contributed by atoms with Crippen LogP contribution in [-0.2, 0) is 9.31 Å². The van der Waals surface area contributed by atoms with Crippen LogP contribution in [0, 0.1) is 13.8 Å². The number of nitrogens with zero attached hydrogens (tertiary/aromatic N) is 1. The van der Waals surface area contributed by atoms with Gasteiger partial charge in [-0.25, -0.2) is 0 Å². The fourth-order valence-corrected chi connectivity index (χ4v) is 1.81. The monoisotopic (exact) mass is 236 g/mol. The average Bonchev–Trinajstić information content (AvgIpc) is 2.46. The second-order valence-electron chi connectivity index (χ2n) is 5.52. The van der Waals surface area contributed by atoms with Crippen molar-refractivity contribution in [3.05, 3.63) is 23.5 Å². The van der Waals surface area contributed by atoms with Gasteiger partial charge in [0.25, 0.3) is 0 Å². The highest BCUT2D eigenvalue weighted by Crippen LogP contribution is 2.36. The van der Waals surface area contributed by atoms with E-state index in [9.17, 15) is 0 Å². The van der Waals surface area contributed by atoms with Crippen molar-refractivity contribution in [1.29, 1.82) is 0 Å². The molecule has 1 fully saturated rings. The maximum absolute atomic E-state index is 7.48. The van der Waals surface area contributed by atoms with Gasteiger partial charge in [0.1, 0.15) is 0 Å². The number of aromatic nitrogens is 1. The SMILES string of the molecule is [2H]C([2H])([2H])c1cc(B2OC(C)(C)C(C)(C)O2)cc(C)n1. The van der Waals surface area contributed by atoms with E-state index in [0.717, 1.165) is 0 Å². The highest BCUT2D eigenvalue weighted by atomic mass is 16.7. The van der Waals surface area contributed by atoms with Gasteiger partial charge < -0.3 is 9.31 Å². The van der Waals surface area contributed by atoms with Crippen LogP contribution in [0.2, 0.25) is 0 Å². The van der Waals surface area contributed by atoms with Crippen LogP contribution >= 0.6 is 0 Å². The van der Waals surface area contributed by atoms with Crippen LogP contribution in [0.4, 0.5) is 0 Å². The Hall–Kier alpha value is -0.865. The van der Waals surface area contributed by atoms with Gasteiger partial charge in [0.05, 0.1) is 11.2 Å². The molecule has 0 amide bonds. The van der Waals surface area contributed by atoms with Crippen LogP contribution in [0.3, 0.4) is 0 Å². The van der Waals surface area contributed by atoms with E-state index in [1.54, 1.807) is 19.1 Å². The van der Waals surface area contributed by atoms with E-state index in [-0.39, 0.29) is 5.69 Å². The molecule has 3 nitrogen and oxygen atoms in total. The molecule has 17 heavy (non-hydrogen) atoms. The Morgan fingerprint density at radius 2 is 1.65 bits per heavy atom. The molecule has 1 saturated heterocycles. The summed E-state index contributed by atoms with van der Waals surface area (Å²) >= 11 is 0. The van der Waals surface area contributed by atoms with Gasteiger partial charge in [0, 0.05) is 15.5 Å². The summed E-state index contributed by atoms with van der Waals surface area (Å²) in [5.41, 5.74) is 0.511. The summed E-state index contributed by atoms with van der Waals surface area (Å²) in [5, 5.41) is 0. The molecule has 2 heterocycles. The summed E-state index contributed by atoms with van der Waals surface area (Å²) in [4.78, 5) is 4.08. The zero-order valence-corrected chi connectivity index (χ0v) is 11.0. The van der Waals surface area contributed by atoms with E-state index in [1.165, 1.54) is 0 Å². The minimum absolute atomic E-state index is 0.0715. The third kappa shape index (κ3) is 2.24. The van der Waals surface area contributed by atoms with Crippen LogP contribution in [-0.4, -0.2) is 23.3 Å². The van der Waals surface area contributed by atoms with E-state index in [2.05, 4.69) is 4.98 Å². The van der Waals surface area contributed by atoms with E-state index in [0.29, 0.717) is 11.2 Å². The number of rotatable bonds is 1. The molecule has 4 heteroatoms. The lowest BCUT2D eigenvalue weighted by Gasteiger charge is -2.32. The van der Waals surface area contributed by atoms with Crippen LogP contribution in [0.25, 0.3) is 0 Å². The molecule has 0 bridgehead atoms. The molecule has 0 spiro atoms. The topological polar surface area (TPSA) is 31.4 Å². The van der Waals surface area contributed by atoms with Crippen molar-refractivity contribution < 1.29 is 13.4 Å². The molecule has 1 aromatic heterocycles. The average molecular weight is 236 g/mol. The van der Waals surface area contributed by atoms with Gasteiger partial charge in [-0.05, 0) is 59.1 Å². The first kappa shape index (κ1) is 9.12. The minimum Gasteiger partial charge on any atom is -0.399 e. The Morgan fingerprint density at radius 1 is 1.12 bits per heavy atom. The lowest BCUT2D eigenvalue weighted by atomic mass is 9.79. The maximum Gasteiger partial charge on any atom is 0.494 e. The van der Waals surface area contributed by atoms with Crippen molar-refractivity contribution >= 4 is 12.6 Å². The lowest BCUT2D eigenvalue weighted by Crippen LogP contribution is -2.41. The summed E-state index contributed by atoms with van der Waals surface area (Å²) < 4.78 is 34.3. The van der Waals surface area contributed by atoms with Gasteiger partial charge >= 0.3 is 7.12 Å². The molecular formula is C13H20BNO2. The largest absolute Gasteiger partial charge is 0.494 e. The van der Waals surface area contributed by atoms with Gasteiger partial charge in [-0.3, -0.25) is 4.98 Å². The second kappa shape index (κ2) is 3.82. The first-order chi connectivity index (χ1) is 8.92. The molecule has 1 aliphatic rings. The molecule has 0 N–H and O–H groups in total. The van der Waals surface area contributed by atoms with Crippen molar-refractivity contribution in [3.63, 3.8) is 0 Å². The van der Waals surface area contributed by atoms with Crippen LogP contribution in [0.1, 0.15) is 43.2 Å². The summed E-state index contributed by atoms with van der Waals surface area (Å²) in [6.07, 6.45) is 0. The molecule has 1 aliphatic heterocycles. The predicted molar refractivity (Wildman–Crippen MR) is 69.4 cm³/mol. The zero-order chi connectivity index (χ0) is 15.3. The molecule has 0 aliphatic carbocycles. The Labute approximate surface area is 108 Å². The second-order valence-corrected chi connectivity index (χ2v) is 5.52. The van der Waals surface area contributed by atoms with Crippen molar-refractivity contribution in [1.82, 2.24) is 4.98 Å². The van der Waals surface area contributed by atoms with Crippen LogP contribution in [0.5, 0.6) is 0 Å². The molecular weight excluding hydrogens is 213 g/mol. The van der Waals surface area contributed by atoms with E-state index in [1.807, 2.05) is 27.7 Å². The van der Waals surface area contributed by atoms with Crippen molar-refractivity contribution in [3.8, 4) is 0 Å². The Bertz CT molecular complexity index is 513. The zero-order valence-electron chi connectivity index (χ0n) is 14.0. The molecule has 0 aromatic carbocycles. The summed E-state index contributed by atoms with van der Waals surface area (Å²) in [6, 6.07) is 3.35. The van der Waals surface area contributed by atoms with E-state index < -0.39 is 25.2 Å². The molecule has 0 atom stereocenters. The first-order valence-electron chi connectivity index (χ1n) is 7.27. The van der Waals surface area contributed by atoms with Crippen molar-refractivity contribution in [2.24, 2.45) is 0 Å². The third-order valence-corrected chi connectivity index (χ3v) is 3.50.